The topological polar surface area (TPSA) is 142 Å². The van der Waals surface area contributed by atoms with Crippen molar-refractivity contribution in [1.29, 1.82) is 0 Å². The van der Waals surface area contributed by atoms with Crippen molar-refractivity contribution in [3.63, 3.8) is 0 Å². The summed E-state index contributed by atoms with van der Waals surface area (Å²) < 4.78 is 16.8. The Hall–Kier alpha value is -3.87. The van der Waals surface area contributed by atoms with Crippen LogP contribution >= 0.6 is 0 Å². The Balaban J connectivity index is 1.41. The van der Waals surface area contributed by atoms with Crippen molar-refractivity contribution in [2.24, 2.45) is 7.05 Å². The average molecular weight is 443 g/mol. The third-order valence-corrected chi connectivity index (χ3v) is 4.83. The molecule has 0 saturated carbocycles. The van der Waals surface area contributed by atoms with Gasteiger partial charge in [0.15, 0.2) is 0 Å². The SMILES string of the molecule is Cn1nc2c(nc1=O)OC(CCN1CCN(c3ncccn3)CC1)OC(=O)/C=C/C(=O)O2. The number of piperazine rings is 1. The van der Waals surface area contributed by atoms with Crippen molar-refractivity contribution in [2.45, 2.75) is 12.7 Å². The Morgan fingerprint density at radius 3 is 2.44 bits per heavy atom. The number of fused-ring (bicyclic) bond motifs is 1. The highest BCUT2D eigenvalue weighted by Crippen LogP contribution is 2.23. The molecule has 0 aromatic carbocycles. The summed E-state index contributed by atoms with van der Waals surface area (Å²) in [5.41, 5.74) is -0.711. The van der Waals surface area contributed by atoms with E-state index in [0.29, 0.717) is 18.9 Å². The standard InChI is InChI=1S/C19H21N7O6/c1-24-19(29)22-16-17(23-24)31-14(28)4-3-13(27)30-15(32-16)5-8-25-9-11-26(12-10-25)18-20-6-2-7-21-18/h2-4,6-7,15H,5,8-12H2,1H3/b4-3+. The largest absolute Gasteiger partial charge is 0.433 e. The molecule has 1 atom stereocenters. The molecule has 2 aromatic heterocycles. The van der Waals surface area contributed by atoms with Gasteiger partial charge in [0.25, 0.3) is 5.88 Å². The van der Waals surface area contributed by atoms with Crippen molar-refractivity contribution in [3.05, 3.63) is 41.1 Å². The Morgan fingerprint density at radius 1 is 0.969 bits per heavy atom. The number of ether oxygens (including phenoxy) is 3. The molecular formula is C19H21N7O6. The van der Waals surface area contributed by atoms with Crippen molar-refractivity contribution in [1.82, 2.24) is 29.6 Å². The van der Waals surface area contributed by atoms with Crippen LogP contribution in [0.2, 0.25) is 0 Å². The van der Waals surface area contributed by atoms with E-state index >= 15 is 0 Å². The lowest BCUT2D eigenvalue weighted by Gasteiger charge is -2.35. The predicted molar refractivity (Wildman–Crippen MR) is 108 cm³/mol. The number of carbonyl (C=O) groups excluding carboxylic acids is 2. The van der Waals surface area contributed by atoms with Gasteiger partial charge in [-0.15, -0.1) is 5.10 Å². The normalized spacial score (nSPS) is 20.5. The molecule has 0 amide bonds. The summed E-state index contributed by atoms with van der Waals surface area (Å²) in [7, 11) is 1.36. The Kier molecular flexibility index (Phi) is 6.35. The molecular weight excluding hydrogens is 422 g/mol. The van der Waals surface area contributed by atoms with Crippen molar-refractivity contribution < 1.29 is 23.8 Å². The maximum absolute atomic E-state index is 12.0. The zero-order chi connectivity index (χ0) is 22.5. The fourth-order valence-electron chi connectivity index (χ4n) is 3.18. The average Bonchev–Trinajstić information content (AvgIpc) is 2.80. The van der Waals surface area contributed by atoms with Crippen LogP contribution in [-0.4, -0.2) is 80.6 Å². The highest BCUT2D eigenvalue weighted by molar-refractivity contribution is 5.92. The number of hydrogen-bond acceptors (Lipinski definition) is 12. The lowest BCUT2D eigenvalue weighted by atomic mass is 10.3. The first-order chi connectivity index (χ1) is 15.5. The molecule has 1 saturated heterocycles. The Labute approximate surface area is 182 Å². The quantitative estimate of drug-likeness (QED) is 0.529. The van der Waals surface area contributed by atoms with E-state index in [-0.39, 0.29) is 11.8 Å². The summed E-state index contributed by atoms with van der Waals surface area (Å²) in [6.07, 6.45) is 4.51. The van der Waals surface area contributed by atoms with Gasteiger partial charge in [0.1, 0.15) is 0 Å². The summed E-state index contributed by atoms with van der Waals surface area (Å²) in [5, 5.41) is 3.85. The second kappa shape index (κ2) is 9.51. The van der Waals surface area contributed by atoms with Gasteiger partial charge in [0.2, 0.25) is 12.2 Å². The van der Waals surface area contributed by atoms with Gasteiger partial charge in [-0.05, 0) is 6.07 Å². The number of carbonyl (C=O) groups is 2. The number of rotatable bonds is 4. The van der Waals surface area contributed by atoms with Gasteiger partial charge < -0.3 is 19.1 Å². The number of aryl methyl sites for hydroxylation is 1. The molecule has 2 aliphatic rings. The molecule has 1 fully saturated rings. The van der Waals surface area contributed by atoms with Crippen LogP contribution < -0.4 is 20.1 Å². The minimum atomic E-state index is -1.06. The number of aromatic nitrogens is 5. The first kappa shape index (κ1) is 21.4. The molecule has 0 bridgehead atoms. The Morgan fingerprint density at radius 2 is 1.69 bits per heavy atom. The van der Waals surface area contributed by atoms with Crippen LogP contribution in [0.15, 0.2) is 35.4 Å². The summed E-state index contributed by atoms with van der Waals surface area (Å²) >= 11 is 0. The van der Waals surface area contributed by atoms with Crippen LogP contribution in [0.3, 0.4) is 0 Å². The number of cyclic esters (lactones) is 1. The van der Waals surface area contributed by atoms with Gasteiger partial charge in [-0.1, -0.05) is 0 Å². The van der Waals surface area contributed by atoms with E-state index in [2.05, 4.69) is 29.9 Å². The van der Waals surface area contributed by atoms with E-state index in [1.165, 1.54) is 7.05 Å². The lowest BCUT2D eigenvalue weighted by Crippen LogP contribution is -2.48. The summed E-state index contributed by atoms with van der Waals surface area (Å²) in [6.45, 7) is 3.57. The maximum Gasteiger partial charge on any atom is 0.367 e. The van der Waals surface area contributed by atoms with E-state index in [0.717, 1.165) is 43.0 Å². The van der Waals surface area contributed by atoms with Crippen LogP contribution in [0.4, 0.5) is 5.95 Å². The van der Waals surface area contributed by atoms with Gasteiger partial charge in [0, 0.05) is 70.7 Å². The van der Waals surface area contributed by atoms with Crippen LogP contribution in [-0.2, 0) is 21.4 Å². The molecule has 32 heavy (non-hydrogen) atoms. The van der Waals surface area contributed by atoms with Gasteiger partial charge in [-0.2, -0.15) is 4.98 Å². The second-order valence-corrected chi connectivity index (χ2v) is 7.03. The minimum Gasteiger partial charge on any atom is -0.433 e. The smallest absolute Gasteiger partial charge is 0.367 e. The first-order valence-corrected chi connectivity index (χ1v) is 9.95. The molecule has 2 aromatic rings. The molecule has 1 unspecified atom stereocenters. The molecule has 0 aliphatic carbocycles. The lowest BCUT2D eigenvalue weighted by molar-refractivity contribution is -0.160. The highest BCUT2D eigenvalue weighted by atomic mass is 16.7. The van der Waals surface area contributed by atoms with Crippen molar-refractivity contribution >= 4 is 17.9 Å². The van der Waals surface area contributed by atoms with E-state index in [4.69, 9.17) is 14.2 Å². The third-order valence-electron chi connectivity index (χ3n) is 4.83. The molecule has 13 heteroatoms. The molecule has 4 rings (SSSR count). The van der Waals surface area contributed by atoms with E-state index in [9.17, 15) is 14.4 Å². The molecule has 0 spiro atoms. The zero-order valence-corrected chi connectivity index (χ0v) is 17.3. The molecule has 2 aliphatic heterocycles. The highest BCUT2D eigenvalue weighted by Gasteiger charge is 2.25. The number of anilines is 1. The molecule has 13 nitrogen and oxygen atoms in total. The summed E-state index contributed by atoms with van der Waals surface area (Å²) in [5.74, 6) is -1.58. The van der Waals surface area contributed by atoms with Crippen LogP contribution in [0, 0.1) is 0 Å². The van der Waals surface area contributed by atoms with E-state index in [1.54, 1.807) is 18.5 Å². The molecule has 0 N–H and O–H groups in total. The number of hydrogen-bond donors (Lipinski definition) is 0. The van der Waals surface area contributed by atoms with Crippen LogP contribution in [0.25, 0.3) is 0 Å². The predicted octanol–water partition coefficient (Wildman–Crippen LogP) is -1.10. The maximum atomic E-state index is 12.0. The van der Waals surface area contributed by atoms with Crippen LogP contribution in [0.5, 0.6) is 11.8 Å². The zero-order valence-electron chi connectivity index (χ0n) is 17.3. The van der Waals surface area contributed by atoms with Gasteiger partial charge in [-0.25, -0.2) is 29.0 Å². The molecule has 0 radical (unpaired) electrons. The molecule has 4 heterocycles. The fraction of sp³-hybridized carbons (Fsp3) is 0.421. The fourth-order valence-corrected chi connectivity index (χ4v) is 3.18. The van der Waals surface area contributed by atoms with Gasteiger partial charge >= 0.3 is 23.5 Å². The molecule has 168 valence electrons. The van der Waals surface area contributed by atoms with Crippen molar-refractivity contribution in [2.75, 3.05) is 37.6 Å². The Bertz CT molecular complexity index is 1070. The first-order valence-electron chi connectivity index (χ1n) is 9.95. The third kappa shape index (κ3) is 5.24. The van der Waals surface area contributed by atoms with E-state index < -0.39 is 23.9 Å². The summed E-state index contributed by atoms with van der Waals surface area (Å²) in [4.78, 5) is 52.2. The monoisotopic (exact) mass is 443 g/mol. The minimum absolute atomic E-state index is 0.291. The van der Waals surface area contributed by atoms with Gasteiger partial charge in [-0.3, -0.25) is 4.90 Å². The van der Waals surface area contributed by atoms with Crippen molar-refractivity contribution in [3.8, 4) is 11.8 Å². The number of nitrogens with zero attached hydrogens (tertiary/aromatic N) is 7. The van der Waals surface area contributed by atoms with Crippen LogP contribution in [0.1, 0.15) is 6.42 Å². The second-order valence-electron chi connectivity index (χ2n) is 7.03. The van der Waals surface area contributed by atoms with E-state index in [1.807, 2.05) is 0 Å². The summed E-state index contributed by atoms with van der Waals surface area (Å²) in [6, 6.07) is 1.77. The van der Waals surface area contributed by atoms with Gasteiger partial charge in [0.05, 0.1) is 0 Å². The number of esters is 2.